The van der Waals surface area contributed by atoms with Crippen molar-refractivity contribution in [3.05, 3.63) is 27.7 Å². The minimum Gasteiger partial charge on any atom is -0.397 e. The average molecular weight is 332 g/mol. The summed E-state index contributed by atoms with van der Waals surface area (Å²) in [6.45, 7) is 5.99. The number of morpholine rings is 1. The number of halogens is 2. The van der Waals surface area contributed by atoms with Gasteiger partial charge >= 0.3 is 0 Å². The van der Waals surface area contributed by atoms with E-state index in [2.05, 4.69) is 17.1 Å². The van der Waals surface area contributed by atoms with Crippen LogP contribution in [0.15, 0.2) is 12.1 Å². The van der Waals surface area contributed by atoms with Crippen LogP contribution >= 0.6 is 23.2 Å². The molecule has 0 bridgehead atoms. The van der Waals surface area contributed by atoms with E-state index in [1.165, 1.54) is 12.1 Å². The standard InChI is InChI=1S/C14H19Cl2N3O2/c1-2-19-3-4-21-10(8-19)7-18-14(20)9-5-11(15)13(16)12(17)6-9/h5-6,10H,2-4,7-8,17H2,1H3,(H,18,20). The Bertz CT molecular complexity index is 502. The number of amides is 1. The number of hydrogen-bond donors (Lipinski definition) is 2. The normalized spacial score (nSPS) is 19.5. The van der Waals surface area contributed by atoms with Crippen LogP contribution in [-0.4, -0.2) is 49.7 Å². The Morgan fingerprint density at radius 1 is 1.52 bits per heavy atom. The molecule has 0 aromatic heterocycles. The highest BCUT2D eigenvalue weighted by molar-refractivity contribution is 6.43. The summed E-state index contributed by atoms with van der Waals surface area (Å²) in [7, 11) is 0. The van der Waals surface area contributed by atoms with Crippen LogP contribution in [0.4, 0.5) is 5.69 Å². The number of carbonyl (C=O) groups excluding carboxylic acids is 1. The van der Waals surface area contributed by atoms with Crippen molar-refractivity contribution in [1.29, 1.82) is 0 Å². The van der Waals surface area contributed by atoms with Gasteiger partial charge in [0.25, 0.3) is 5.91 Å². The van der Waals surface area contributed by atoms with Gasteiger partial charge in [-0.25, -0.2) is 0 Å². The molecule has 1 saturated heterocycles. The molecule has 1 fully saturated rings. The molecule has 1 heterocycles. The van der Waals surface area contributed by atoms with Gasteiger partial charge in [0.15, 0.2) is 0 Å². The van der Waals surface area contributed by atoms with E-state index in [0.717, 1.165) is 19.6 Å². The molecule has 5 nitrogen and oxygen atoms in total. The number of carbonyl (C=O) groups is 1. The molecule has 7 heteroatoms. The van der Waals surface area contributed by atoms with Crippen LogP contribution < -0.4 is 11.1 Å². The maximum Gasteiger partial charge on any atom is 0.251 e. The zero-order valence-electron chi connectivity index (χ0n) is 11.9. The van der Waals surface area contributed by atoms with E-state index >= 15 is 0 Å². The number of hydrogen-bond acceptors (Lipinski definition) is 4. The average Bonchev–Trinajstić information content (AvgIpc) is 2.50. The largest absolute Gasteiger partial charge is 0.397 e. The molecule has 0 saturated carbocycles. The number of nitrogens with one attached hydrogen (secondary N) is 1. The van der Waals surface area contributed by atoms with Gasteiger partial charge in [-0.2, -0.15) is 0 Å². The number of benzene rings is 1. The van der Waals surface area contributed by atoms with Crippen molar-refractivity contribution in [2.75, 3.05) is 38.5 Å². The number of nitrogens with zero attached hydrogens (tertiary/aromatic N) is 1. The van der Waals surface area contributed by atoms with Gasteiger partial charge in [-0.05, 0) is 18.7 Å². The number of anilines is 1. The van der Waals surface area contributed by atoms with Crippen LogP contribution in [-0.2, 0) is 4.74 Å². The van der Waals surface area contributed by atoms with Gasteiger partial charge in [-0.3, -0.25) is 9.69 Å². The molecule has 1 aromatic carbocycles. The van der Waals surface area contributed by atoms with E-state index in [1.807, 2.05) is 0 Å². The van der Waals surface area contributed by atoms with E-state index < -0.39 is 0 Å². The van der Waals surface area contributed by atoms with Crippen LogP contribution in [0, 0.1) is 0 Å². The molecule has 1 unspecified atom stereocenters. The maximum atomic E-state index is 12.1. The molecule has 1 aliphatic rings. The molecule has 21 heavy (non-hydrogen) atoms. The minimum absolute atomic E-state index is 0.00256. The van der Waals surface area contributed by atoms with E-state index in [9.17, 15) is 4.79 Å². The number of nitrogens with two attached hydrogens (primary N) is 1. The molecule has 1 aromatic rings. The molecule has 3 N–H and O–H groups in total. The van der Waals surface area contributed by atoms with Crippen LogP contribution in [0.25, 0.3) is 0 Å². The highest BCUT2D eigenvalue weighted by atomic mass is 35.5. The second-order valence-electron chi connectivity index (χ2n) is 4.96. The Labute approximate surface area is 134 Å². The zero-order chi connectivity index (χ0) is 15.4. The van der Waals surface area contributed by atoms with E-state index in [1.54, 1.807) is 0 Å². The van der Waals surface area contributed by atoms with Gasteiger partial charge in [0.2, 0.25) is 0 Å². The predicted molar refractivity (Wildman–Crippen MR) is 85.1 cm³/mol. The van der Waals surface area contributed by atoms with Crippen molar-refractivity contribution in [1.82, 2.24) is 10.2 Å². The molecule has 0 radical (unpaired) electrons. The van der Waals surface area contributed by atoms with Gasteiger partial charge in [0.05, 0.1) is 28.4 Å². The lowest BCUT2D eigenvalue weighted by molar-refractivity contribution is -0.0246. The molecule has 1 amide bonds. The highest BCUT2D eigenvalue weighted by Gasteiger charge is 2.20. The predicted octanol–water partition coefficient (Wildman–Crippen LogP) is 2.03. The summed E-state index contributed by atoms with van der Waals surface area (Å²) in [6, 6.07) is 3.03. The number of rotatable bonds is 4. The van der Waals surface area contributed by atoms with Crippen LogP contribution in [0.3, 0.4) is 0 Å². The summed E-state index contributed by atoms with van der Waals surface area (Å²) in [5.74, 6) is -0.238. The summed E-state index contributed by atoms with van der Waals surface area (Å²) in [6.07, 6.45) is 0.00256. The summed E-state index contributed by atoms with van der Waals surface area (Å²) < 4.78 is 5.63. The molecule has 116 valence electrons. The van der Waals surface area contributed by atoms with Crippen LogP contribution in [0.5, 0.6) is 0 Å². The lowest BCUT2D eigenvalue weighted by atomic mass is 10.2. The molecule has 1 aliphatic heterocycles. The van der Waals surface area contributed by atoms with E-state index in [4.69, 9.17) is 33.7 Å². The lowest BCUT2D eigenvalue weighted by Crippen LogP contribution is -2.47. The molecular formula is C14H19Cl2N3O2. The van der Waals surface area contributed by atoms with Gasteiger partial charge in [-0.15, -0.1) is 0 Å². The minimum atomic E-state index is -0.238. The molecule has 0 aliphatic carbocycles. The first-order chi connectivity index (χ1) is 10.0. The fraction of sp³-hybridized carbons (Fsp3) is 0.500. The Kier molecular flexibility index (Phi) is 5.70. The number of likely N-dealkylation sites (N-methyl/N-ethyl adjacent to an activating group) is 1. The third-order valence-electron chi connectivity index (χ3n) is 3.48. The van der Waals surface area contributed by atoms with Crippen LogP contribution in [0.1, 0.15) is 17.3 Å². The molecule has 2 rings (SSSR count). The SMILES string of the molecule is CCN1CCOC(CNC(=O)c2cc(N)c(Cl)c(Cl)c2)C1. The van der Waals surface area contributed by atoms with Gasteiger partial charge in [0.1, 0.15) is 0 Å². The Morgan fingerprint density at radius 2 is 2.29 bits per heavy atom. The third-order valence-corrected chi connectivity index (χ3v) is 4.30. The van der Waals surface area contributed by atoms with Gasteiger partial charge in [-0.1, -0.05) is 30.1 Å². The van der Waals surface area contributed by atoms with Crippen molar-refractivity contribution in [3.63, 3.8) is 0 Å². The smallest absolute Gasteiger partial charge is 0.251 e. The van der Waals surface area contributed by atoms with Crippen molar-refractivity contribution < 1.29 is 9.53 Å². The van der Waals surface area contributed by atoms with Crippen molar-refractivity contribution in [2.24, 2.45) is 0 Å². The quantitative estimate of drug-likeness (QED) is 0.828. The summed E-state index contributed by atoms with van der Waals surface area (Å²) in [4.78, 5) is 14.4. The first kappa shape index (κ1) is 16.4. The van der Waals surface area contributed by atoms with Crippen molar-refractivity contribution in [3.8, 4) is 0 Å². The lowest BCUT2D eigenvalue weighted by Gasteiger charge is -2.32. The number of ether oxygens (including phenoxy) is 1. The summed E-state index contributed by atoms with van der Waals surface area (Å²) >= 11 is 11.8. The van der Waals surface area contributed by atoms with Gasteiger partial charge in [0, 0.05) is 25.2 Å². The van der Waals surface area contributed by atoms with Crippen molar-refractivity contribution in [2.45, 2.75) is 13.0 Å². The van der Waals surface area contributed by atoms with Crippen LogP contribution in [0.2, 0.25) is 10.0 Å². The summed E-state index contributed by atoms with van der Waals surface area (Å²) in [5, 5.41) is 3.38. The van der Waals surface area contributed by atoms with E-state index in [0.29, 0.717) is 24.4 Å². The Hall–Kier alpha value is -1.01. The fourth-order valence-corrected chi connectivity index (χ4v) is 2.58. The topological polar surface area (TPSA) is 67.6 Å². The molecule has 1 atom stereocenters. The van der Waals surface area contributed by atoms with Gasteiger partial charge < -0.3 is 15.8 Å². The fourth-order valence-electron chi connectivity index (χ4n) is 2.24. The highest BCUT2D eigenvalue weighted by Crippen LogP contribution is 2.29. The molecular weight excluding hydrogens is 313 g/mol. The van der Waals surface area contributed by atoms with E-state index in [-0.39, 0.29) is 22.1 Å². The molecule has 0 spiro atoms. The zero-order valence-corrected chi connectivity index (χ0v) is 13.4. The van der Waals surface area contributed by atoms with Crippen molar-refractivity contribution >= 4 is 34.8 Å². The third kappa shape index (κ3) is 4.23. The number of nitrogen functional groups attached to an aromatic ring is 1. The second-order valence-corrected chi connectivity index (χ2v) is 5.74. The monoisotopic (exact) mass is 331 g/mol. The first-order valence-electron chi connectivity index (χ1n) is 6.88. The summed E-state index contributed by atoms with van der Waals surface area (Å²) in [5.41, 5.74) is 6.39. The Balaban J connectivity index is 1.93. The Morgan fingerprint density at radius 3 is 2.95 bits per heavy atom. The second kappa shape index (κ2) is 7.31. The maximum absolute atomic E-state index is 12.1. The first-order valence-corrected chi connectivity index (χ1v) is 7.63.